The number of carboxylic acids is 1. The van der Waals surface area contributed by atoms with Crippen molar-refractivity contribution in [3.05, 3.63) is 0 Å². The average molecular weight is 671 g/mol. The Morgan fingerprint density at radius 1 is 0.958 bits per heavy atom. The number of fused-ring (bicyclic) bond motifs is 4. The molecule has 8 unspecified atom stereocenters. The van der Waals surface area contributed by atoms with Crippen LogP contribution >= 0.6 is 0 Å². The Morgan fingerprint density at radius 2 is 1.73 bits per heavy atom. The molecule has 10 heteroatoms. The lowest BCUT2D eigenvalue weighted by Gasteiger charge is -2.60. The van der Waals surface area contributed by atoms with Crippen LogP contribution in [0.2, 0.25) is 0 Å². The Kier molecular flexibility index (Phi) is 8.10. The summed E-state index contributed by atoms with van der Waals surface area (Å²) in [4.78, 5) is 39.8. The molecule has 2 spiro atoms. The lowest BCUT2D eigenvalue weighted by atomic mass is 9.46. The van der Waals surface area contributed by atoms with Crippen LogP contribution in [0.1, 0.15) is 105 Å². The maximum atomic E-state index is 12.9. The second-order valence-corrected chi connectivity index (χ2v) is 18.2. The molecule has 2 saturated heterocycles. The molecule has 0 bridgehead atoms. The lowest BCUT2D eigenvalue weighted by molar-refractivity contribution is -0.245. The van der Waals surface area contributed by atoms with Crippen molar-refractivity contribution in [2.75, 3.05) is 32.8 Å². The number of nitrogens with zero attached hydrogens (tertiary/aromatic N) is 2. The van der Waals surface area contributed by atoms with Gasteiger partial charge in [0.2, 0.25) is 11.8 Å². The summed E-state index contributed by atoms with van der Waals surface area (Å²) in [5.41, 5.74) is 0.598. The van der Waals surface area contributed by atoms with E-state index in [4.69, 9.17) is 14.2 Å². The summed E-state index contributed by atoms with van der Waals surface area (Å²) in [7, 11) is 0. The zero-order chi connectivity index (χ0) is 33.8. The van der Waals surface area contributed by atoms with Crippen molar-refractivity contribution in [1.82, 2.24) is 9.80 Å². The number of carbonyl (C=O) groups is 3. The van der Waals surface area contributed by atoms with E-state index in [9.17, 15) is 24.6 Å². The number of ether oxygens (including phenoxy) is 3. The van der Waals surface area contributed by atoms with Crippen LogP contribution in [0.3, 0.4) is 0 Å². The van der Waals surface area contributed by atoms with Crippen LogP contribution in [0, 0.1) is 51.2 Å². The predicted octanol–water partition coefficient (Wildman–Crippen LogP) is 4.47. The fourth-order valence-electron chi connectivity index (χ4n) is 13.2. The summed E-state index contributed by atoms with van der Waals surface area (Å²) in [5.74, 6) is 1.09. The zero-order valence-corrected chi connectivity index (χ0v) is 29.5. The Labute approximate surface area is 285 Å². The molecule has 268 valence electrons. The normalized spacial score (nSPS) is 47.1. The molecular weight excluding hydrogens is 612 g/mol. The number of aliphatic carboxylic acids is 1. The minimum Gasteiger partial charge on any atom is -0.480 e. The molecule has 0 aromatic carbocycles. The highest BCUT2D eigenvalue weighted by atomic mass is 16.7. The van der Waals surface area contributed by atoms with Gasteiger partial charge in [0.15, 0.2) is 6.29 Å². The van der Waals surface area contributed by atoms with Crippen molar-refractivity contribution in [3.63, 3.8) is 0 Å². The van der Waals surface area contributed by atoms with Crippen LogP contribution in [-0.2, 0) is 28.6 Å². The molecule has 6 saturated carbocycles. The number of rotatable bonds is 8. The highest BCUT2D eigenvalue weighted by Crippen LogP contribution is 2.87. The van der Waals surface area contributed by atoms with E-state index in [0.717, 1.165) is 44.9 Å². The summed E-state index contributed by atoms with van der Waals surface area (Å²) in [6.07, 6.45) is 11.5. The van der Waals surface area contributed by atoms with Crippen LogP contribution in [0.25, 0.3) is 0 Å². The van der Waals surface area contributed by atoms with Crippen molar-refractivity contribution in [3.8, 4) is 0 Å². The monoisotopic (exact) mass is 670 g/mol. The van der Waals surface area contributed by atoms with Crippen LogP contribution in [-0.4, -0.2) is 101 Å². The summed E-state index contributed by atoms with van der Waals surface area (Å²) < 4.78 is 19.6. The molecule has 8 fully saturated rings. The van der Waals surface area contributed by atoms with Gasteiger partial charge in [-0.25, -0.2) is 0 Å². The first-order valence-corrected chi connectivity index (χ1v) is 19.1. The standard InChI is InChI=1S/C38H58N2O8/c1-22(41)40(19-30(43)44)18-24-7-8-26-34(47-24)33(45)32-25-9-10-27-35(2,3)28(11-12-38(27)21-37(25,38)14-13-36(26,32)4)48-31-20-39(15-16-46-31)29(42)17-23-5-6-23/h23-28,31-34,45H,5-21H2,1-4H3,(H,43,44)/t24?,25?,26-,27?,28?,31?,32?,33+,34?,36?,37-,38+/m0/s1. The minimum atomic E-state index is -1.02. The van der Waals surface area contributed by atoms with Crippen LogP contribution < -0.4 is 0 Å². The number of hydrogen-bond acceptors (Lipinski definition) is 7. The molecule has 8 rings (SSSR count). The second-order valence-electron chi connectivity index (χ2n) is 18.2. The van der Waals surface area contributed by atoms with E-state index in [1.807, 2.05) is 4.90 Å². The van der Waals surface area contributed by atoms with E-state index in [1.165, 1.54) is 37.5 Å². The topological polar surface area (TPSA) is 126 Å². The largest absolute Gasteiger partial charge is 0.480 e. The first-order valence-electron chi connectivity index (χ1n) is 19.1. The maximum absolute atomic E-state index is 12.9. The molecule has 0 aromatic heterocycles. The van der Waals surface area contributed by atoms with Gasteiger partial charge in [0.1, 0.15) is 6.54 Å². The van der Waals surface area contributed by atoms with E-state index in [2.05, 4.69) is 20.8 Å². The highest BCUT2D eigenvalue weighted by molar-refractivity contribution is 5.79. The third-order valence-electron chi connectivity index (χ3n) is 15.7. The van der Waals surface area contributed by atoms with Gasteiger partial charge in [-0.3, -0.25) is 14.4 Å². The Bertz CT molecular complexity index is 1320. The summed E-state index contributed by atoms with van der Waals surface area (Å²) in [6, 6.07) is 0. The van der Waals surface area contributed by atoms with E-state index in [1.54, 1.807) is 0 Å². The first kappa shape index (κ1) is 33.4. The molecule has 2 aliphatic heterocycles. The van der Waals surface area contributed by atoms with E-state index in [-0.39, 0.29) is 77.6 Å². The van der Waals surface area contributed by atoms with Crippen molar-refractivity contribution >= 4 is 17.8 Å². The van der Waals surface area contributed by atoms with Crippen LogP contribution in [0.5, 0.6) is 0 Å². The molecule has 2 N–H and O–H groups in total. The Morgan fingerprint density at radius 3 is 2.46 bits per heavy atom. The van der Waals surface area contributed by atoms with Gasteiger partial charge in [-0.2, -0.15) is 0 Å². The molecule has 0 radical (unpaired) electrons. The maximum Gasteiger partial charge on any atom is 0.323 e. The SMILES string of the molecule is CC(=O)N(CC(=O)O)CC1CC[C@H]2C(O1)[C@H](O)C1C3CCC4C(C)(C)C(OC5CN(C(=O)CC6CC6)CCO5)CC[C@@]45C[C@@]35CCC12C. The first-order chi connectivity index (χ1) is 22.8. The number of amides is 2. The van der Waals surface area contributed by atoms with Gasteiger partial charge in [-0.05, 0) is 122 Å². The van der Waals surface area contributed by atoms with E-state index >= 15 is 0 Å². The van der Waals surface area contributed by atoms with Gasteiger partial charge in [0, 0.05) is 26.4 Å². The van der Waals surface area contributed by atoms with Gasteiger partial charge in [-0.1, -0.05) is 20.8 Å². The van der Waals surface area contributed by atoms with E-state index in [0.29, 0.717) is 49.3 Å². The molecular formula is C38H58N2O8. The number of carboxylic acid groups (broad SMARTS) is 1. The molecule has 2 amide bonds. The van der Waals surface area contributed by atoms with Crippen molar-refractivity contribution in [2.45, 2.75) is 135 Å². The average Bonchev–Trinajstić information content (AvgIpc) is 3.95. The third-order valence-corrected chi connectivity index (χ3v) is 15.7. The highest BCUT2D eigenvalue weighted by Gasteiger charge is 2.81. The van der Waals surface area contributed by atoms with Gasteiger partial charge in [-0.15, -0.1) is 0 Å². The lowest BCUT2D eigenvalue weighted by Crippen LogP contribution is -2.57. The zero-order valence-electron chi connectivity index (χ0n) is 29.5. The van der Waals surface area contributed by atoms with Crippen LogP contribution in [0.4, 0.5) is 0 Å². The quantitative estimate of drug-likeness (QED) is 0.388. The van der Waals surface area contributed by atoms with Gasteiger partial charge in [0.25, 0.3) is 0 Å². The summed E-state index contributed by atoms with van der Waals surface area (Å²) in [5, 5.41) is 21.5. The number of hydrogen-bond donors (Lipinski definition) is 2. The predicted molar refractivity (Wildman–Crippen MR) is 175 cm³/mol. The van der Waals surface area contributed by atoms with Crippen LogP contribution in [0.15, 0.2) is 0 Å². The second kappa shape index (κ2) is 11.6. The van der Waals surface area contributed by atoms with E-state index < -0.39 is 12.1 Å². The Hall–Kier alpha value is -1.75. The third kappa shape index (κ3) is 5.11. The van der Waals surface area contributed by atoms with Crippen molar-refractivity contribution < 1.29 is 38.8 Å². The smallest absolute Gasteiger partial charge is 0.323 e. The molecule has 48 heavy (non-hydrogen) atoms. The van der Waals surface area contributed by atoms with Crippen molar-refractivity contribution in [1.29, 1.82) is 0 Å². The Balaban J connectivity index is 0.950. The molecule has 0 aromatic rings. The summed E-state index contributed by atoms with van der Waals surface area (Å²) in [6.45, 7) is 10.3. The van der Waals surface area contributed by atoms with Gasteiger partial charge >= 0.3 is 5.97 Å². The molecule has 12 atom stereocenters. The number of morpholine rings is 1. The molecule has 2 heterocycles. The molecule has 10 nitrogen and oxygen atoms in total. The molecule has 6 aliphatic carbocycles. The number of aliphatic hydroxyl groups excluding tert-OH is 1. The van der Waals surface area contributed by atoms with Gasteiger partial charge in [0.05, 0.1) is 37.6 Å². The summed E-state index contributed by atoms with van der Waals surface area (Å²) >= 11 is 0. The van der Waals surface area contributed by atoms with Gasteiger partial charge < -0.3 is 34.2 Å². The fraction of sp³-hybridized carbons (Fsp3) is 0.921. The molecule has 8 aliphatic rings. The number of aliphatic hydroxyl groups is 1. The minimum absolute atomic E-state index is 0.00568. The number of carbonyl (C=O) groups excluding carboxylic acids is 2. The fourth-order valence-corrected chi connectivity index (χ4v) is 13.2. The van der Waals surface area contributed by atoms with Crippen molar-refractivity contribution in [2.24, 2.45) is 51.2 Å².